The van der Waals surface area contributed by atoms with E-state index in [2.05, 4.69) is 5.32 Å². The lowest BCUT2D eigenvalue weighted by Gasteiger charge is -2.14. The van der Waals surface area contributed by atoms with Crippen LogP contribution in [0.5, 0.6) is 0 Å². The molecule has 0 radical (unpaired) electrons. The van der Waals surface area contributed by atoms with Gasteiger partial charge < -0.3 is 15.5 Å². The summed E-state index contributed by atoms with van der Waals surface area (Å²) in [6.07, 6.45) is -0.131. The summed E-state index contributed by atoms with van der Waals surface area (Å²) >= 11 is 0. The molecule has 1 aromatic rings. The first-order chi connectivity index (χ1) is 9.45. The van der Waals surface area contributed by atoms with Crippen LogP contribution in [0.2, 0.25) is 0 Å². The third-order valence-corrected chi connectivity index (χ3v) is 2.58. The molecule has 20 heavy (non-hydrogen) atoms. The van der Waals surface area contributed by atoms with Gasteiger partial charge >= 0.3 is 11.9 Å². The number of aliphatic carboxylic acids is 2. The highest BCUT2D eigenvalue weighted by molar-refractivity contribution is 6.02. The fourth-order valence-electron chi connectivity index (χ4n) is 1.57. The van der Waals surface area contributed by atoms with Gasteiger partial charge in [0.25, 0.3) is 5.91 Å². The average Bonchev–Trinajstić information content (AvgIpc) is 2.42. The molecular weight excluding hydrogens is 266 g/mol. The summed E-state index contributed by atoms with van der Waals surface area (Å²) in [7, 11) is 0. The average molecular weight is 279 g/mol. The van der Waals surface area contributed by atoms with Crippen molar-refractivity contribution in [1.82, 2.24) is 5.32 Å². The lowest BCUT2D eigenvalue weighted by molar-refractivity contribution is -0.140. The molecule has 0 spiro atoms. The van der Waals surface area contributed by atoms with E-state index in [0.717, 1.165) is 0 Å². The molecule has 0 saturated heterocycles. The molecule has 0 aromatic heterocycles. The van der Waals surface area contributed by atoms with E-state index in [9.17, 15) is 19.2 Å². The number of carbonyl (C=O) groups excluding carboxylic acids is 2. The van der Waals surface area contributed by atoms with E-state index in [1.165, 1.54) is 18.2 Å². The number of rotatable bonds is 7. The zero-order chi connectivity index (χ0) is 15.1. The van der Waals surface area contributed by atoms with Gasteiger partial charge in [-0.25, -0.2) is 4.79 Å². The van der Waals surface area contributed by atoms with Crippen molar-refractivity contribution in [3.63, 3.8) is 0 Å². The van der Waals surface area contributed by atoms with Crippen LogP contribution >= 0.6 is 0 Å². The van der Waals surface area contributed by atoms with Gasteiger partial charge in [0, 0.05) is 17.5 Å². The highest BCUT2D eigenvalue weighted by atomic mass is 16.4. The quantitative estimate of drug-likeness (QED) is 0.627. The first-order valence-electron chi connectivity index (χ1n) is 5.75. The summed E-state index contributed by atoms with van der Waals surface area (Å²) < 4.78 is 0. The summed E-state index contributed by atoms with van der Waals surface area (Å²) in [5, 5.41) is 19.7. The van der Waals surface area contributed by atoms with Crippen molar-refractivity contribution < 1.29 is 29.4 Å². The van der Waals surface area contributed by atoms with Crippen LogP contribution in [0.3, 0.4) is 0 Å². The van der Waals surface area contributed by atoms with Gasteiger partial charge in [-0.05, 0) is 12.5 Å². The Morgan fingerprint density at radius 3 is 2.40 bits per heavy atom. The standard InChI is InChI=1S/C13H13NO6/c15-7-8-3-1-2-4-9(8)12(18)14-10(13(19)20)5-6-11(16)17/h1-4,7,10H,5-6H2,(H,14,18)(H,16,17)(H,19,20). The molecule has 0 saturated carbocycles. The van der Waals surface area contributed by atoms with Crippen molar-refractivity contribution in [1.29, 1.82) is 0 Å². The minimum absolute atomic E-state index is 0.0454. The molecule has 1 amide bonds. The second-order valence-corrected chi connectivity index (χ2v) is 4.00. The van der Waals surface area contributed by atoms with Gasteiger partial charge in [0.1, 0.15) is 6.04 Å². The predicted molar refractivity (Wildman–Crippen MR) is 67.6 cm³/mol. The zero-order valence-electron chi connectivity index (χ0n) is 10.4. The third-order valence-electron chi connectivity index (χ3n) is 2.58. The van der Waals surface area contributed by atoms with Crippen LogP contribution in [-0.2, 0) is 9.59 Å². The largest absolute Gasteiger partial charge is 0.481 e. The second-order valence-electron chi connectivity index (χ2n) is 4.00. The maximum Gasteiger partial charge on any atom is 0.326 e. The highest BCUT2D eigenvalue weighted by Gasteiger charge is 2.22. The van der Waals surface area contributed by atoms with Crippen molar-refractivity contribution >= 4 is 24.1 Å². The topological polar surface area (TPSA) is 121 Å². The van der Waals surface area contributed by atoms with Gasteiger partial charge in [-0.15, -0.1) is 0 Å². The molecule has 1 rings (SSSR count). The van der Waals surface area contributed by atoms with Crippen LogP contribution in [0.15, 0.2) is 24.3 Å². The van der Waals surface area contributed by atoms with E-state index < -0.39 is 23.9 Å². The highest BCUT2D eigenvalue weighted by Crippen LogP contribution is 2.07. The summed E-state index contributed by atoms with van der Waals surface area (Å²) in [4.78, 5) is 44.1. The van der Waals surface area contributed by atoms with Crippen molar-refractivity contribution in [2.45, 2.75) is 18.9 Å². The van der Waals surface area contributed by atoms with E-state index >= 15 is 0 Å². The van der Waals surface area contributed by atoms with Crippen molar-refractivity contribution in [3.8, 4) is 0 Å². The smallest absolute Gasteiger partial charge is 0.326 e. The Balaban J connectivity index is 2.82. The molecule has 0 aliphatic carbocycles. The number of benzene rings is 1. The monoisotopic (exact) mass is 279 g/mol. The number of nitrogens with one attached hydrogen (secondary N) is 1. The van der Waals surface area contributed by atoms with E-state index in [0.29, 0.717) is 6.29 Å². The van der Waals surface area contributed by atoms with Crippen LogP contribution in [0.4, 0.5) is 0 Å². The fourth-order valence-corrected chi connectivity index (χ4v) is 1.57. The van der Waals surface area contributed by atoms with Crippen molar-refractivity contribution in [3.05, 3.63) is 35.4 Å². The summed E-state index contributed by atoms with van der Waals surface area (Å²) in [6.45, 7) is 0. The van der Waals surface area contributed by atoms with Gasteiger partial charge in [-0.3, -0.25) is 14.4 Å². The number of hydrogen-bond acceptors (Lipinski definition) is 4. The van der Waals surface area contributed by atoms with Gasteiger partial charge in [0.15, 0.2) is 6.29 Å². The molecule has 3 N–H and O–H groups in total. The molecule has 1 unspecified atom stereocenters. The zero-order valence-corrected chi connectivity index (χ0v) is 10.4. The predicted octanol–water partition coefficient (Wildman–Crippen LogP) is 0.547. The lowest BCUT2D eigenvalue weighted by Crippen LogP contribution is -2.41. The van der Waals surface area contributed by atoms with Crippen LogP contribution in [0.25, 0.3) is 0 Å². The summed E-state index contributed by atoms with van der Waals surface area (Å²) in [5.41, 5.74) is 0.177. The van der Waals surface area contributed by atoms with E-state index in [1.807, 2.05) is 0 Å². The number of carboxylic acids is 2. The normalized spacial score (nSPS) is 11.4. The molecule has 106 valence electrons. The molecule has 0 fully saturated rings. The van der Waals surface area contributed by atoms with Crippen LogP contribution in [-0.4, -0.2) is 40.4 Å². The molecule has 0 aliphatic heterocycles. The summed E-state index contributed by atoms with van der Waals surface area (Å²) in [5.74, 6) is -3.22. The Labute approximate surface area is 114 Å². The van der Waals surface area contributed by atoms with Gasteiger partial charge in [-0.1, -0.05) is 18.2 Å². The second kappa shape index (κ2) is 7.03. The SMILES string of the molecule is O=Cc1ccccc1C(=O)NC(CCC(=O)O)C(=O)O. The fraction of sp³-hybridized carbons (Fsp3) is 0.231. The Bertz CT molecular complexity index is 539. The van der Waals surface area contributed by atoms with Gasteiger partial charge in [0.2, 0.25) is 0 Å². The lowest BCUT2D eigenvalue weighted by atomic mass is 10.1. The maximum atomic E-state index is 11.9. The molecule has 1 aromatic carbocycles. The van der Waals surface area contributed by atoms with Crippen molar-refractivity contribution in [2.75, 3.05) is 0 Å². The van der Waals surface area contributed by atoms with Gasteiger partial charge in [0.05, 0.1) is 0 Å². The molecule has 1 atom stereocenters. The van der Waals surface area contributed by atoms with Crippen molar-refractivity contribution in [2.24, 2.45) is 0 Å². The van der Waals surface area contributed by atoms with E-state index in [1.54, 1.807) is 6.07 Å². The number of carbonyl (C=O) groups is 4. The van der Waals surface area contributed by atoms with Crippen LogP contribution in [0.1, 0.15) is 33.6 Å². The first kappa shape index (κ1) is 15.4. The number of carboxylic acid groups (broad SMARTS) is 2. The molecule has 0 bridgehead atoms. The molecule has 7 nitrogen and oxygen atoms in total. The number of amides is 1. The number of aldehydes is 1. The molecule has 0 heterocycles. The molecular formula is C13H13NO6. The Morgan fingerprint density at radius 2 is 1.85 bits per heavy atom. The van der Waals surface area contributed by atoms with Crippen LogP contribution in [0, 0.1) is 0 Å². The Kier molecular flexibility index (Phi) is 5.40. The Hall–Kier alpha value is -2.70. The number of hydrogen-bond donors (Lipinski definition) is 3. The Morgan fingerprint density at radius 1 is 1.20 bits per heavy atom. The maximum absolute atomic E-state index is 11.9. The molecule has 0 aliphatic rings. The van der Waals surface area contributed by atoms with Gasteiger partial charge in [-0.2, -0.15) is 0 Å². The minimum Gasteiger partial charge on any atom is -0.481 e. The third kappa shape index (κ3) is 4.20. The van der Waals surface area contributed by atoms with E-state index in [4.69, 9.17) is 10.2 Å². The summed E-state index contributed by atoms with van der Waals surface area (Å²) in [6, 6.07) is 4.59. The molecule has 7 heteroatoms. The minimum atomic E-state index is -1.33. The van der Waals surface area contributed by atoms with E-state index in [-0.39, 0.29) is 24.0 Å². The first-order valence-corrected chi connectivity index (χ1v) is 5.75. The van der Waals surface area contributed by atoms with Crippen LogP contribution < -0.4 is 5.32 Å².